The Bertz CT molecular complexity index is 1140. The molecule has 2 atom stereocenters. The van der Waals surface area contributed by atoms with Crippen LogP contribution in [-0.2, 0) is 6.42 Å². The van der Waals surface area contributed by atoms with Crippen molar-refractivity contribution in [1.29, 1.82) is 0 Å². The monoisotopic (exact) mass is 508 g/mol. The van der Waals surface area contributed by atoms with Crippen LogP contribution in [0.5, 0.6) is 0 Å². The summed E-state index contributed by atoms with van der Waals surface area (Å²) in [5.74, 6) is -1.76. The average molecular weight is 509 g/mol. The smallest absolute Gasteiger partial charge is 0.295 e. The lowest BCUT2D eigenvalue weighted by atomic mass is 9.83. The first-order valence-electron chi connectivity index (χ1n) is 12.0. The fourth-order valence-electron chi connectivity index (χ4n) is 5.20. The Hall–Kier alpha value is -2.58. The van der Waals surface area contributed by atoms with Gasteiger partial charge in [0.15, 0.2) is 0 Å². The lowest BCUT2D eigenvalue weighted by molar-refractivity contribution is -0.155. The van der Waals surface area contributed by atoms with E-state index >= 15 is 8.78 Å². The van der Waals surface area contributed by atoms with E-state index in [2.05, 4.69) is 6.58 Å². The molecule has 8 heteroatoms. The number of alkyl halides is 4. The van der Waals surface area contributed by atoms with Crippen molar-refractivity contribution in [2.75, 3.05) is 32.9 Å². The van der Waals surface area contributed by atoms with Crippen LogP contribution in [0.4, 0.5) is 26.3 Å². The summed E-state index contributed by atoms with van der Waals surface area (Å²) in [7, 11) is 0. The van der Waals surface area contributed by atoms with Crippen LogP contribution in [0.2, 0.25) is 0 Å². The minimum absolute atomic E-state index is 0.318. The molecule has 2 aliphatic rings. The number of rotatable bonds is 7. The van der Waals surface area contributed by atoms with E-state index in [1.54, 1.807) is 25.1 Å². The van der Waals surface area contributed by atoms with Crippen LogP contribution in [0, 0.1) is 11.6 Å². The van der Waals surface area contributed by atoms with Crippen molar-refractivity contribution >= 4 is 11.6 Å². The van der Waals surface area contributed by atoms with Crippen molar-refractivity contribution in [1.82, 2.24) is 9.80 Å². The number of nitrogens with zero attached hydrogens (tertiary/aromatic N) is 2. The van der Waals surface area contributed by atoms with Crippen LogP contribution < -0.4 is 0 Å². The molecule has 194 valence electrons. The summed E-state index contributed by atoms with van der Waals surface area (Å²) < 4.78 is 84.0. The molecule has 0 radical (unpaired) electrons. The van der Waals surface area contributed by atoms with Crippen molar-refractivity contribution < 1.29 is 26.3 Å². The van der Waals surface area contributed by atoms with E-state index in [1.807, 2.05) is 17.9 Å². The maximum absolute atomic E-state index is 15.5. The Labute approximate surface area is 207 Å². The third kappa shape index (κ3) is 5.70. The van der Waals surface area contributed by atoms with E-state index in [0.717, 1.165) is 27.2 Å². The maximum atomic E-state index is 15.5. The Kier molecular flexibility index (Phi) is 7.67. The third-order valence-corrected chi connectivity index (χ3v) is 6.91. The van der Waals surface area contributed by atoms with Gasteiger partial charge >= 0.3 is 6.18 Å². The summed E-state index contributed by atoms with van der Waals surface area (Å²) in [4.78, 5) is 3.16. The van der Waals surface area contributed by atoms with Crippen molar-refractivity contribution in [2.45, 2.75) is 44.9 Å². The van der Waals surface area contributed by atoms with Crippen LogP contribution in [0.3, 0.4) is 0 Å². The minimum Gasteiger partial charge on any atom is -0.295 e. The van der Waals surface area contributed by atoms with Crippen LogP contribution in [-0.4, -0.2) is 54.9 Å². The Balaban J connectivity index is 1.72. The third-order valence-electron chi connectivity index (χ3n) is 6.91. The van der Waals surface area contributed by atoms with Gasteiger partial charge in [0.2, 0.25) is 0 Å². The van der Waals surface area contributed by atoms with Crippen LogP contribution in [0.25, 0.3) is 11.6 Å². The quantitative estimate of drug-likeness (QED) is 0.373. The number of fused-ring (bicyclic) bond motifs is 1. The molecular weight excluding hydrogens is 478 g/mol. The van der Waals surface area contributed by atoms with E-state index in [4.69, 9.17) is 0 Å². The largest absolute Gasteiger partial charge is 0.401 e. The highest BCUT2D eigenvalue weighted by Gasteiger charge is 2.42. The first kappa shape index (κ1) is 26.5. The zero-order chi connectivity index (χ0) is 26.2. The molecule has 0 spiro atoms. The SMILES string of the molecule is C=C(C)c1ccc2c(c1)C[C@@H](C)N(CC(F)(F)F)C2c1c(F)cc(C=C2CN(CCCF)C2)cc1F. The molecule has 4 rings (SSSR count). The zero-order valence-electron chi connectivity index (χ0n) is 20.4. The number of allylic oxidation sites excluding steroid dienone is 1. The summed E-state index contributed by atoms with van der Waals surface area (Å²) in [5.41, 5.74) is 3.77. The predicted molar refractivity (Wildman–Crippen MR) is 130 cm³/mol. The number of hydrogen-bond acceptors (Lipinski definition) is 2. The highest BCUT2D eigenvalue weighted by Crippen LogP contribution is 2.42. The fourth-order valence-corrected chi connectivity index (χ4v) is 5.20. The predicted octanol–water partition coefficient (Wildman–Crippen LogP) is 6.95. The molecule has 2 nitrogen and oxygen atoms in total. The average Bonchev–Trinajstić information content (AvgIpc) is 2.75. The van der Waals surface area contributed by atoms with Crippen LogP contribution in [0.15, 0.2) is 42.5 Å². The van der Waals surface area contributed by atoms with E-state index < -0.39 is 43.1 Å². The van der Waals surface area contributed by atoms with Crippen molar-refractivity contribution in [2.24, 2.45) is 0 Å². The molecule has 0 saturated carbocycles. The van der Waals surface area contributed by atoms with Crippen molar-refractivity contribution in [3.8, 4) is 0 Å². The highest BCUT2D eigenvalue weighted by molar-refractivity contribution is 5.63. The Morgan fingerprint density at radius 3 is 2.36 bits per heavy atom. The first-order chi connectivity index (χ1) is 17.0. The first-order valence-corrected chi connectivity index (χ1v) is 12.0. The van der Waals surface area contributed by atoms with Crippen molar-refractivity contribution in [3.05, 3.63) is 81.9 Å². The second-order valence-electron chi connectivity index (χ2n) is 9.89. The summed E-state index contributed by atoms with van der Waals surface area (Å²) in [6.07, 6.45) is -2.08. The molecule has 2 aliphatic heterocycles. The van der Waals surface area contributed by atoms with E-state index in [-0.39, 0.29) is 5.56 Å². The van der Waals surface area contributed by atoms with Gasteiger partial charge in [0.05, 0.1) is 19.3 Å². The summed E-state index contributed by atoms with van der Waals surface area (Å²) in [6.45, 7) is 7.55. The van der Waals surface area contributed by atoms with Gasteiger partial charge in [-0.2, -0.15) is 13.2 Å². The van der Waals surface area contributed by atoms with Gasteiger partial charge in [0.25, 0.3) is 0 Å². The molecule has 0 aliphatic carbocycles. The fraction of sp³-hybridized carbons (Fsp3) is 0.429. The van der Waals surface area contributed by atoms with E-state index in [9.17, 15) is 17.6 Å². The molecule has 2 aromatic carbocycles. The molecule has 0 amide bonds. The molecule has 0 N–H and O–H groups in total. The van der Waals surface area contributed by atoms with Gasteiger partial charge in [-0.25, -0.2) is 8.78 Å². The molecule has 2 aromatic rings. The van der Waals surface area contributed by atoms with Gasteiger partial charge in [-0.1, -0.05) is 36.4 Å². The number of halogens is 6. The van der Waals surface area contributed by atoms with Gasteiger partial charge in [0.1, 0.15) is 11.6 Å². The second kappa shape index (κ2) is 10.4. The summed E-state index contributed by atoms with van der Waals surface area (Å²) >= 11 is 0. The minimum atomic E-state index is -4.53. The highest BCUT2D eigenvalue weighted by atomic mass is 19.4. The normalized spacial score (nSPS) is 20.7. The molecule has 2 heterocycles. The summed E-state index contributed by atoms with van der Waals surface area (Å²) in [6, 6.07) is 5.81. The zero-order valence-corrected chi connectivity index (χ0v) is 20.4. The molecule has 0 aromatic heterocycles. The summed E-state index contributed by atoms with van der Waals surface area (Å²) in [5, 5.41) is 0. The Morgan fingerprint density at radius 2 is 1.78 bits per heavy atom. The molecule has 0 bridgehead atoms. The van der Waals surface area contributed by atoms with Gasteiger partial charge in [-0.15, -0.1) is 0 Å². The number of likely N-dealkylation sites (tertiary alicyclic amines) is 1. The molecule has 1 fully saturated rings. The standard InChI is InChI=1S/C28H30F6N2/c1-17(2)21-5-6-23-22(13-21)9-18(3)36(16-28(32,33)34)27(23)26-24(30)11-19(12-25(26)31)10-20-14-35(15-20)8-4-7-29/h5-6,10-13,18,27H,1,4,7-9,14-16H2,2-3H3/t18-,27?/m1/s1. The second-order valence-corrected chi connectivity index (χ2v) is 9.89. The number of benzene rings is 2. The molecule has 36 heavy (non-hydrogen) atoms. The van der Waals surface area contributed by atoms with Crippen molar-refractivity contribution in [3.63, 3.8) is 0 Å². The van der Waals surface area contributed by atoms with Gasteiger partial charge in [0, 0.05) is 31.2 Å². The lowest BCUT2D eigenvalue weighted by Crippen LogP contribution is -2.47. The molecule has 1 saturated heterocycles. The van der Waals surface area contributed by atoms with E-state index in [0.29, 0.717) is 43.6 Å². The van der Waals surface area contributed by atoms with Gasteiger partial charge in [-0.3, -0.25) is 14.2 Å². The van der Waals surface area contributed by atoms with E-state index in [1.165, 1.54) is 12.1 Å². The van der Waals surface area contributed by atoms with Gasteiger partial charge in [-0.05, 0) is 66.6 Å². The van der Waals surface area contributed by atoms with Crippen LogP contribution in [0.1, 0.15) is 54.1 Å². The Morgan fingerprint density at radius 1 is 1.11 bits per heavy atom. The number of hydrogen-bond donors (Lipinski definition) is 0. The maximum Gasteiger partial charge on any atom is 0.401 e. The molecule has 1 unspecified atom stereocenters. The lowest BCUT2D eigenvalue weighted by Gasteiger charge is -2.42. The molecular formula is C28H30F6N2. The van der Waals surface area contributed by atoms with Crippen LogP contribution >= 0.6 is 0 Å². The topological polar surface area (TPSA) is 6.48 Å². The van der Waals surface area contributed by atoms with Gasteiger partial charge < -0.3 is 0 Å².